The summed E-state index contributed by atoms with van der Waals surface area (Å²) in [6.45, 7) is 2.17. The number of rotatable bonds is 5. The molecule has 0 radical (unpaired) electrons. The third-order valence-electron chi connectivity index (χ3n) is 2.50. The van der Waals surface area contributed by atoms with E-state index in [-0.39, 0.29) is 12.0 Å². The number of nitrogens with two attached hydrogens (primary N) is 1. The van der Waals surface area contributed by atoms with E-state index in [1.165, 1.54) is 6.42 Å². The highest BCUT2D eigenvalue weighted by Gasteiger charge is 2.22. The molecule has 2 unspecified atom stereocenters. The van der Waals surface area contributed by atoms with Crippen LogP contribution in [0.2, 0.25) is 0 Å². The van der Waals surface area contributed by atoms with Crippen molar-refractivity contribution in [3.8, 4) is 0 Å². The minimum atomic E-state index is 0.134. The van der Waals surface area contributed by atoms with E-state index in [1.807, 2.05) is 17.8 Å². The van der Waals surface area contributed by atoms with Crippen LogP contribution in [0.25, 0.3) is 0 Å². The molecule has 0 saturated heterocycles. The van der Waals surface area contributed by atoms with Crippen LogP contribution in [0.1, 0.15) is 37.4 Å². The zero-order valence-electron chi connectivity index (χ0n) is 9.43. The molecule has 16 heavy (non-hydrogen) atoms. The van der Waals surface area contributed by atoms with Gasteiger partial charge in [0, 0.05) is 6.04 Å². The van der Waals surface area contributed by atoms with Crippen molar-refractivity contribution in [1.29, 1.82) is 0 Å². The van der Waals surface area contributed by atoms with Crippen molar-refractivity contribution in [3.05, 3.63) is 23.9 Å². The summed E-state index contributed by atoms with van der Waals surface area (Å²) in [6, 6.07) is 0.134. The first-order valence-electron chi connectivity index (χ1n) is 5.63. The van der Waals surface area contributed by atoms with Crippen molar-refractivity contribution in [2.75, 3.05) is 5.75 Å². The highest BCUT2D eigenvalue weighted by Crippen LogP contribution is 2.26. The first-order valence-corrected chi connectivity index (χ1v) is 6.79. The van der Waals surface area contributed by atoms with Crippen molar-refractivity contribution in [2.45, 2.75) is 37.5 Å². The third-order valence-corrected chi connectivity index (χ3v) is 3.66. The molecular weight excluding hydrogens is 222 g/mol. The first-order chi connectivity index (χ1) is 7.79. The van der Waals surface area contributed by atoms with Crippen molar-refractivity contribution in [2.24, 2.45) is 5.73 Å². The second-order valence-electron chi connectivity index (χ2n) is 3.99. The van der Waals surface area contributed by atoms with Gasteiger partial charge in [-0.25, -0.2) is 0 Å². The number of thioether (sulfide) groups is 1. The van der Waals surface area contributed by atoms with Crippen LogP contribution in [0.5, 0.6) is 0 Å². The molecule has 0 aliphatic heterocycles. The highest BCUT2D eigenvalue weighted by molar-refractivity contribution is 7.98. The smallest absolute Gasteiger partial charge is 0.233 e. The highest BCUT2D eigenvalue weighted by atomic mass is 32.2. The molecular formula is C11H17N3OS. The molecule has 1 aromatic heterocycles. The van der Waals surface area contributed by atoms with Gasteiger partial charge in [-0.2, -0.15) is 16.7 Å². The number of hydrogen-bond donors (Lipinski definition) is 1. The van der Waals surface area contributed by atoms with Crippen LogP contribution in [0, 0.1) is 0 Å². The van der Waals surface area contributed by atoms with Gasteiger partial charge in [0.2, 0.25) is 5.89 Å². The molecule has 0 aromatic carbocycles. The van der Waals surface area contributed by atoms with Gasteiger partial charge in [-0.1, -0.05) is 24.2 Å². The van der Waals surface area contributed by atoms with Crippen LogP contribution in [0.15, 0.2) is 16.7 Å². The summed E-state index contributed by atoms with van der Waals surface area (Å²) < 4.78 is 5.25. The van der Waals surface area contributed by atoms with Crippen LogP contribution in [0.3, 0.4) is 0 Å². The molecule has 1 aliphatic carbocycles. The summed E-state index contributed by atoms with van der Waals surface area (Å²) in [6.07, 6.45) is 6.11. The molecule has 2 rings (SSSR count). The van der Waals surface area contributed by atoms with Gasteiger partial charge in [0.05, 0.1) is 11.7 Å². The van der Waals surface area contributed by atoms with Gasteiger partial charge in [0.1, 0.15) is 0 Å². The Kier molecular flexibility index (Phi) is 4.01. The Morgan fingerprint density at radius 2 is 2.44 bits per heavy atom. The van der Waals surface area contributed by atoms with Gasteiger partial charge >= 0.3 is 0 Å². The van der Waals surface area contributed by atoms with Crippen LogP contribution < -0.4 is 5.73 Å². The molecule has 5 heteroatoms. The lowest BCUT2D eigenvalue weighted by molar-refractivity contribution is 0.361. The van der Waals surface area contributed by atoms with Gasteiger partial charge in [-0.15, -0.1) is 0 Å². The molecule has 0 amide bonds. The summed E-state index contributed by atoms with van der Waals surface area (Å²) in [5.41, 5.74) is 5.79. The van der Waals surface area contributed by atoms with Gasteiger partial charge in [0.25, 0.3) is 0 Å². The molecule has 1 aromatic rings. The number of hydrogen-bond acceptors (Lipinski definition) is 5. The quantitative estimate of drug-likeness (QED) is 0.629. The Morgan fingerprint density at radius 3 is 3.12 bits per heavy atom. The number of nitrogens with zero attached hydrogens (tertiary/aromatic N) is 2. The molecule has 1 heterocycles. The van der Waals surface area contributed by atoms with E-state index in [0.29, 0.717) is 5.89 Å². The van der Waals surface area contributed by atoms with E-state index < -0.39 is 0 Å². The Balaban J connectivity index is 1.89. The maximum atomic E-state index is 5.79. The van der Waals surface area contributed by atoms with Crippen LogP contribution >= 0.6 is 11.8 Å². The van der Waals surface area contributed by atoms with Crippen molar-refractivity contribution >= 4 is 11.8 Å². The predicted molar refractivity (Wildman–Crippen MR) is 65.2 cm³/mol. The van der Waals surface area contributed by atoms with Crippen LogP contribution in [0.4, 0.5) is 0 Å². The second kappa shape index (κ2) is 5.50. The molecule has 2 atom stereocenters. The summed E-state index contributed by atoms with van der Waals surface area (Å²) in [4.78, 5) is 4.39. The largest absolute Gasteiger partial charge is 0.339 e. The topological polar surface area (TPSA) is 64.9 Å². The summed E-state index contributed by atoms with van der Waals surface area (Å²) in [7, 11) is 0. The molecule has 4 nitrogen and oxygen atoms in total. The first kappa shape index (κ1) is 11.7. The lowest BCUT2D eigenvalue weighted by atomic mass is 10.1. The zero-order valence-corrected chi connectivity index (χ0v) is 10.2. The van der Waals surface area contributed by atoms with E-state index in [0.717, 1.165) is 23.8 Å². The molecule has 1 aliphatic rings. The summed E-state index contributed by atoms with van der Waals surface area (Å²) in [5.74, 6) is 3.68. The van der Waals surface area contributed by atoms with Gasteiger partial charge in [-0.3, -0.25) is 0 Å². The molecule has 0 bridgehead atoms. The average molecular weight is 239 g/mol. The van der Waals surface area contributed by atoms with Crippen molar-refractivity contribution in [3.63, 3.8) is 0 Å². The van der Waals surface area contributed by atoms with E-state index in [9.17, 15) is 0 Å². The SMILES string of the molecule is CCCSCc1noc(C2C=CC(N)C2)n1. The summed E-state index contributed by atoms with van der Waals surface area (Å²) >= 11 is 1.84. The predicted octanol–water partition coefficient (Wildman–Crippen LogP) is 2.08. The molecule has 88 valence electrons. The monoisotopic (exact) mass is 239 g/mol. The van der Waals surface area contributed by atoms with Gasteiger partial charge < -0.3 is 10.3 Å². The maximum Gasteiger partial charge on any atom is 0.233 e. The third kappa shape index (κ3) is 2.86. The van der Waals surface area contributed by atoms with Gasteiger partial charge in [0.15, 0.2) is 5.82 Å². The zero-order chi connectivity index (χ0) is 11.4. The number of aromatic nitrogens is 2. The van der Waals surface area contributed by atoms with E-state index in [4.69, 9.17) is 10.3 Å². The maximum absolute atomic E-state index is 5.79. The fourth-order valence-corrected chi connectivity index (χ4v) is 2.43. The lowest BCUT2D eigenvalue weighted by Gasteiger charge is -2.01. The van der Waals surface area contributed by atoms with Crippen molar-refractivity contribution in [1.82, 2.24) is 10.1 Å². The molecule has 0 spiro atoms. The molecule has 2 N–H and O–H groups in total. The Hall–Kier alpha value is -0.810. The Labute approximate surface area is 99.7 Å². The normalized spacial score (nSPS) is 24.1. The standard InChI is InChI=1S/C11H17N3OS/c1-2-5-16-7-10-13-11(15-14-10)8-3-4-9(12)6-8/h3-4,8-9H,2,5-7,12H2,1H3. The minimum absolute atomic E-state index is 0.134. The van der Waals surface area contributed by atoms with Crippen LogP contribution in [-0.2, 0) is 5.75 Å². The number of allylic oxidation sites excluding steroid dienone is 1. The lowest BCUT2D eigenvalue weighted by Crippen LogP contribution is -2.14. The fourth-order valence-electron chi connectivity index (χ4n) is 1.69. The second-order valence-corrected chi connectivity index (χ2v) is 5.10. The minimum Gasteiger partial charge on any atom is -0.339 e. The Morgan fingerprint density at radius 1 is 1.56 bits per heavy atom. The molecule has 0 fully saturated rings. The molecule has 0 saturated carbocycles. The van der Waals surface area contributed by atoms with Crippen LogP contribution in [-0.4, -0.2) is 21.9 Å². The summed E-state index contributed by atoms with van der Waals surface area (Å²) in [5, 5.41) is 3.98. The Bertz CT molecular complexity index is 364. The van der Waals surface area contributed by atoms with E-state index >= 15 is 0 Å². The van der Waals surface area contributed by atoms with Gasteiger partial charge in [-0.05, 0) is 18.6 Å². The van der Waals surface area contributed by atoms with E-state index in [2.05, 4.69) is 23.1 Å². The van der Waals surface area contributed by atoms with Crippen molar-refractivity contribution < 1.29 is 4.52 Å². The fraction of sp³-hybridized carbons (Fsp3) is 0.636. The van der Waals surface area contributed by atoms with E-state index in [1.54, 1.807) is 0 Å². The average Bonchev–Trinajstić information content (AvgIpc) is 2.87.